The van der Waals surface area contributed by atoms with Crippen molar-refractivity contribution in [3.63, 3.8) is 0 Å². The number of hydrogen-bond donors (Lipinski definition) is 2. The molecule has 1 amide bonds. The van der Waals surface area contributed by atoms with E-state index in [0.717, 1.165) is 0 Å². The highest BCUT2D eigenvalue weighted by atomic mass is 16.5. The van der Waals surface area contributed by atoms with E-state index in [4.69, 9.17) is 10.5 Å². The first-order valence-electron chi connectivity index (χ1n) is 7.89. The maximum Gasteiger partial charge on any atom is 0.345 e. The van der Waals surface area contributed by atoms with E-state index in [1.165, 1.54) is 29.2 Å². The molecule has 3 N–H and O–H groups in total. The Morgan fingerprint density at radius 2 is 1.69 bits per heavy atom. The molecule has 0 bridgehead atoms. The number of carbonyl (C=O) groups excluding carboxylic acids is 2. The number of ether oxygens (including phenoxy) is 1. The SMILES string of the molecule is CN(C)C(=O)CC(C(=O)O)c1ccc(OC(=O)c2ccccc2N)cc1. The molecule has 0 fully saturated rings. The van der Waals surface area contributed by atoms with Crippen molar-refractivity contribution in [2.24, 2.45) is 0 Å². The maximum absolute atomic E-state index is 12.1. The minimum atomic E-state index is -1.10. The fourth-order valence-corrected chi connectivity index (χ4v) is 2.32. The lowest BCUT2D eigenvalue weighted by Gasteiger charge is -2.16. The summed E-state index contributed by atoms with van der Waals surface area (Å²) in [5.41, 5.74) is 6.75. The topological polar surface area (TPSA) is 110 Å². The maximum atomic E-state index is 12.1. The Labute approximate surface area is 151 Å². The van der Waals surface area contributed by atoms with Crippen LogP contribution in [0.3, 0.4) is 0 Å². The number of para-hydroxylation sites is 1. The molecule has 7 heteroatoms. The quantitative estimate of drug-likeness (QED) is 0.466. The standard InChI is InChI=1S/C19H20N2O5/c1-21(2)17(22)11-15(18(23)24)12-7-9-13(10-8-12)26-19(25)14-5-3-4-6-16(14)20/h3-10,15H,11,20H2,1-2H3,(H,23,24). The van der Waals surface area contributed by atoms with Gasteiger partial charge in [-0.2, -0.15) is 0 Å². The van der Waals surface area contributed by atoms with Crippen molar-refractivity contribution in [3.05, 3.63) is 59.7 Å². The second-order valence-electron chi connectivity index (χ2n) is 5.93. The minimum Gasteiger partial charge on any atom is -0.481 e. The van der Waals surface area contributed by atoms with E-state index in [2.05, 4.69) is 0 Å². The van der Waals surface area contributed by atoms with Crippen LogP contribution in [-0.2, 0) is 9.59 Å². The molecule has 0 saturated carbocycles. The van der Waals surface area contributed by atoms with Gasteiger partial charge in [-0.05, 0) is 29.8 Å². The van der Waals surface area contributed by atoms with Crippen LogP contribution in [-0.4, -0.2) is 41.9 Å². The van der Waals surface area contributed by atoms with E-state index in [1.54, 1.807) is 38.4 Å². The Balaban J connectivity index is 2.13. The van der Waals surface area contributed by atoms with Gasteiger partial charge in [-0.15, -0.1) is 0 Å². The van der Waals surface area contributed by atoms with Crippen LogP contribution in [0.25, 0.3) is 0 Å². The zero-order chi connectivity index (χ0) is 19.3. The smallest absolute Gasteiger partial charge is 0.345 e. The van der Waals surface area contributed by atoms with Crippen molar-refractivity contribution >= 4 is 23.5 Å². The van der Waals surface area contributed by atoms with Crippen LogP contribution in [0.4, 0.5) is 5.69 Å². The highest BCUT2D eigenvalue weighted by Crippen LogP contribution is 2.24. The van der Waals surface area contributed by atoms with Gasteiger partial charge >= 0.3 is 11.9 Å². The number of nitrogens with zero attached hydrogens (tertiary/aromatic N) is 1. The lowest BCUT2D eigenvalue weighted by molar-refractivity contribution is -0.142. The Morgan fingerprint density at radius 1 is 1.08 bits per heavy atom. The van der Waals surface area contributed by atoms with Gasteiger partial charge in [0, 0.05) is 26.2 Å². The Morgan fingerprint density at radius 3 is 2.23 bits per heavy atom. The molecule has 0 spiro atoms. The van der Waals surface area contributed by atoms with Gasteiger partial charge in [0.15, 0.2) is 0 Å². The summed E-state index contributed by atoms with van der Waals surface area (Å²) in [6.45, 7) is 0. The van der Waals surface area contributed by atoms with Gasteiger partial charge in [0.1, 0.15) is 5.75 Å². The lowest BCUT2D eigenvalue weighted by Crippen LogP contribution is -2.26. The van der Waals surface area contributed by atoms with E-state index in [9.17, 15) is 19.5 Å². The van der Waals surface area contributed by atoms with Crippen molar-refractivity contribution in [3.8, 4) is 5.75 Å². The number of hydrogen-bond acceptors (Lipinski definition) is 5. The van der Waals surface area contributed by atoms with Gasteiger partial charge in [0.25, 0.3) is 0 Å². The monoisotopic (exact) mass is 356 g/mol. The summed E-state index contributed by atoms with van der Waals surface area (Å²) in [5.74, 6) is -2.70. The molecule has 136 valence electrons. The Hall–Kier alpha value is -3.35. The fraction of sp³-hybridized carbons (Fsp3) is 0.211. The van der Waals surface area contributed by atoms with Crippen LogP contribution in [0.15, 0.2) is 48.5 Å². The molecule has 0 saturated heterocycles. The molecule has 0 aliphatic heterocycles. The summed E-state index contributed by atoms with van der Waals surface area (Å²) in [5, 5.41) is 9.38. The number of carbonyl (C=O) groups is 3. The van der Waals surface area contributed by atoms with Gasteiger partial charge < -0.3 is 20.5 Å². The highest BCUT2D eigenvalue weighted by molar-refractivity contribution is 5.96. The van der Waals surface area contributed by atoms with Crippen LogP contribution in [0.1, 0.15) is 28.3 Å². The number of anilines is 1. The molecule has 2 aromatic rings. The number of aliphatic carboxylic acids is 1. The third-order valence-electron chi connectivity index (χ3n) is 3.85. The fourth-order valence-electron chi connectivity index (χ4n) is 2.32. The molecule has 1 unspecified atom stereocenters. The molecular weight excluding hydrogens is 336 g/mol. The van der Waals surface area contributed by atoms with E-state index in [0.29, 0.717) is 11.3 Å². The number of amides is 1. The summed E-state index contributed by atoms with van der Waals surface area (Å²) < 4.78 is 5.25. The first-order valence-corrected chi connectivity index (χ1v) is 7.89. The zero-order valence-corrected chi connectivity index (χ0v) is 14.5. The zero-order valence-electron chi connectivity index (χ0n) is 14.5. The largest absolute Gasteiger partial charge is 0.481 e. The number of nitrogens with two attached hydrogens (primary N) is 1. The Kier molecular flexibility index (Phi) is 5.95. The Bertz CT molecular complexity index is 815. The van der Waals surface area contributed by atoms with Crippen molar-refractivity contribution in [1.29, 1.82) is 0 Å². The normalized spacial score (nSPS) is 11.5. The molecule has 2 rings (SSSR count). The van der Waals surface area contributed by atoms with Crippen molar-refractivity contribution in [2.75, 3.05) is 19.8 Å². The molecule has 0 radical (unpaired) electrons. The predicted molar refractivity (Wildman–Crippen MR) is 95.9 cm³/mol. The molecule has 0 aliphatic carbocycles. The second kappa shape index (κ2) is 8.15. The lowest BCUT2D eigenvalue weighted by atomic mass is 9.95. The van der Waals surface area contributed by atoms with Gasteiger partial charge in [0.05, 0.1) is 11.5 Å². The van der Waals surface area contributed by atoms with Crippen LogP contribution in [0.2, 0.25) is 0 Å². The number of carboxylic acid groups (broad SMARTS) is 1. The van der Waals surface area contributed by atoms with E-state index in [1.807, 2.05) is 0 Å². The predicted octanol–water partition coefficient (Wildman–Crippen LogP) is 2.13. The molecule has 0 aliphatic rings. The average Bonchev–Trinajstić information content (AvgIpc) is 2.60. The molecular formula is C19H20N2O5. The van der Waals surface area contributed by atoms with Crippen LogP contribution >= 0.6 is 0 Å². The van der Waals surface area contributed by atoms with Gasteiger partial charge in [-0.3, -0.25) is 9.59 Å². The summed E-state index contributed by atoms with van der Waals surface area (Å²) >= 11 is 0. The number of benzene rings is 2. The average molecular weight is 356 g/mol. The first kappa shape index (κ1) is 19.0. The summed E-state index contributed by atoms with van der Waals surface area (Å²) in [6, 6.07) is 12.6. The first-order chi connectivity index (χ1) is 12.3. The van der Waals surface area contributed by atoms with Crippen LogP contribution < -0.4 is 10.5 Å². The molecule has 1 atom stereocenters. The third-order valence-corrected chi connectivity index (χ3v) is 3.85. The highest BCUT2D eigenvalue weighted by Gasteiger charge is 2.24. The molecule has 2 aromatic carbocycles. The molecule has 0 aromatic heterocycles. The van der Waals surface area contributed by atoms with E-state index < -0.39 is 17.9 Å². The number of carboxylic acids is 1. The van der Waals surface area contributed by atoms with Crippen molar-refractivity contribution in [2.45, 2.75) is 12.3 Å². The summed E-state index contributed by atoms with van der Waals surface area (Å²) in [6.07, 6.45) is -0.151. The number of esters is 1. The second-order valence-corrected chi connectivity index (χ2v) is 5.93. The van der Waals surface area contributed by atoms with Crippen LogP contribution in [0.5, 0.6) is 5.75 Å². The summed E-state index contributed by atoms with van der Waals surface area (Å²) in [7, 11) is 3.14. The van der Waals surface area contributed by atoms with Gasteiger partial charge in [-0.25, -0.2) is 4.79 Å². The van der Waals surface area contributed by atoms with E-state index in [-0.39, 0.29) is 23.6 Å². The minimum absolute atomic E-state index is 0.151. The number of nitrogen functional groups attached to an aromatic ring is 1. The van der Waals surface area contributed by atoms with Gasteiger partial charge in [-0.1, -0.05) is 24.3 Å². The molecule has 26 heavy (non-hydrogen) atoms. The van der Waals surface area contributed by atoms with Crippen molar-refractivity contribution in [1.82, 2.24) is 4.90 Å². The summed E-state index contributed by atoms with van der Waals surface area (Å²) in [4.78, 5) is 36.8. The number of rotatable bonds is 6. The van der Waals surface area contributed by atoms with E-state index >= 15 is 0 Å². The van der Waals surface area contributed by atoms with Gasteiger partial charge in [0.2, 0.25) is 5.91 Å². The van der Waals surface area contributed by atoms with Crippen molar-refractivity contribution < 1.29 is 24.2 Å². The molecule has 7 nitrogen and oxygen atoms in total. The third kappa shape index (κ3) is 4.60. The molecule has 0 heterocycles. The van der Waals surface area contributed by atoms with Crippen LogP contribution in [0, 0.1) is 0 Å².